The van der Waals surface area contributed by atoms with Crippen LogP contribution < -0.4 is 0 Å². The molecule has 18 heavy (non-hydrogen) atoms. The molecule has 0 unspecified atom stereocenters. The SMILES string of the molecule is O=C(Cl)C(=C(O)c1ccccc1)c1ccccc1. The first-order valence-electron chi connectivity index (χ1n) is 5.44. The van der Waals surface area contributed by atoms with Gasteiger partial charge in [-0.05, 0) is 17.2 Å². The molecule has 3 heteroatoms. The lowest BCUT2D eigenvalue weighted by Gasteiger charge is -2.07. The van der Waals surface area contributed by atoms with Crippen molar-refractivity contribution in [2.45, 2.75) is 0 Å². The number of carbonyl (C=O) groups is 1. The predicted octanol–water partition coefficient (Wildman–Crippen LogP) is 3.88. The van der Waals surface area contributed by atoms with Crippen molar-refractivity contribution in [2.24, 2.45) is 0 Å². The van der Waals surface area contributed by atoms with Gasteiger partial charge in [0.15, 0.2) is 0 Å². The summed E-state index contributed by atoms with van der Waals surface area (Å²) in [6.45, 7) is 0. The molecule has 0 saturated heterocycles. The molecule has 2 nitrogen and oxygen atoms in total. The van der Waals surface area contributed by atoms with Gasteiger partial charge in [-0.1, -0.05) is 60.7 Å². The summed E-state index contributed by atoms with van der Waals surface area (Å²) >= 11 is 5.57. The molecule has 0 heterocycles. The van der Waals surface area contributed by atoms with Crippen molar-refractivity contribution in [3.05, 3.63) is 71.8 Å². The Hall–Kier alpha value is -2.06. The maximum atomic E-state index is 11.5. The Bertz CT molecular complexity index is 574. The molecule has 0 fully saturated rings. The molecule has 0 radical (unpaired) electrons. The van der Waals surface area contributed by atoms with E-state index < -0.39 is 5.24 Å². The Labute approximate surface area is 110 Å². The maximum Gasteiger partial charge on any atom is 0.256 e. The molecule has 2 aromatic carbocycles. The van der Waals surface area contributed by atoms with Gasteiger partial charge in [0, 0.05) is 5.56 Å². The lowest BCUT2D eigenvalue weighted by atomic mass is 10.0. The van der Waals surface area contributed by atoms with Crippen LogP contribution >= 0.6 is 11.6 Å². The van der Waals surface area contributed by atoms with Crippen LogP contribution in [0, 0.1) is 0 Å². The Balaban J connectivity index is 2.58. The smallest absolute Gasteiger partial charge is 0.256 e. The summed E-state index contributed by atoms with van der Waals surface area (Å²) in [6, 6.07) is 17.7. The van der Waals surface area contributed by atoms with E-state index >= 15 is 0 Å². The highest BCUT2D eigenvalue weighted by Gasteiger charge is 2.16. The topological polar surface area (TPSA) is 37.3 Å². The van der Waals surface area contributed by atoms with Gasteiger partial charge in [0.2, 0.25) is 0 Å². The number of hydrogen-bond acceptors (Lipinski definition) is 2. The van der Waals surface area contributed by atoms with E-state index in [1.165, 1.54) is 0 Å². The summed E-state index contributed by atoms with van der Waals surface area (Å²) in [6.07, 6.45) is 0. The third-order valence-corrected chi connectivity index (χ3v) is 2.73. The van der Waals surface area contributed by atoms with Crippen LogP contribution in [0.3, 0.4) is 0 Å². The quantitative estimate of drug-likeness (QED) is 0.393. The molecule has 0 aliphatic carbocycles. The number of carbonyl (C=O) groups excluding carboxylic acids is 1. The standard InChI is InChI=1S/C15H11ClO2/c16-15(18)13(11-7-3-1-4-8-11)14(17)12-9-5-2-6-10-12/h1-10,17H. The summed E-state index contributed by atoms with van der Waals surface area (Å²) < 4.78 is 0. The number of rotatable bonds is 3. The number of halogens is 1. The van der Waals surface area contributed by atoms with Gasteiger partial charge in [0.1, 0.15) is 5.76 Å². The van der Waals surface area contributed by atoms with Gasteiger partial charge in [-0.3, -0.25) is 4.79 Å². The van der Waals surface area contributed by atoms with Gasteiger partial charge in [-0.2, -0.15) is 0 Å². The highest BCUT2D eigenvalue weighted by molar-refractivity contribution is 6.75. The third-order valence-electron chi connectivity index (χ3n) is 2.54. The van der Waals surface area contributed by atoms with Crippen LogP contribution in [-0.2, 0) is 4.79 Å². The van der Waals surface area contributed by atoms with Gasteiger partial charge in [-0.15, -0.1) is 0 Å². The summed E-state index contributed by atoms with van der Waals surface area (Å²) in [5, 5.41) is 9.50. The second kappa shape index (κ2) is 5.52. The Morgan fingerprint density at radius 1 is 0.833 bits per heavy atom. The Morgan fingerprint density at radius 2 is 1.28 bits per heavy atom. The maximum absolute atomic E-state index is 11.5. The molecule has 0 saturated carbocycles. The zero-order valence-corrected chi connectivity index (χ0v) is 10.3. The minimum absolute atomic E-state index is 0.109. The first kappa shape index (κ1) is 12.4. The van der Waals surface area contributed by atoms with Crippen LogP contribution in [-0.4, -0.2) is 10.3 Å². The summed E-state index contributed by atoms with van der Waals surface area (Å²) in [7, 11) is 0. The first-order valence-corrected chi connectivity index (χ1v) is 5.82. The van der Waals surface area contributed by atoms with Crippen molar-refractivity contribution >= 4 is 28.2 Å². The normalized spacial score (nSPS) is 11.8. The van der Waals surface area contributed by atoms with E-state index in [4.69, 9.17) is 11.6 Å². The van der Waals surface area contributed by atoms with Crippen LogP contribution in [0.2, 0.25) is 0 Å². The molecule has 0 aliphatic heterocycles. The lowest BCUT2D eigenvalue weighted by Crippen LogP contribution is -1.98. The van der Waals surface area contributed by atoms with Crippen LogP contribution in [0.25, 0.3) is 11.3 Å². The molecule has 90 valence electrons. The van der Waals surface area contributed by atoms with Gasteiger partial charge in [0.25, 0.3) is 5.24 Å². The second-order valence-corrected chi connectivity index (χ2v) is 4.07. The predicted molar refractivity (Wildman–Crippen MR) is 73.2 cm³/mol. The molecular formula is C15H11ClO2. The molecule has 1 N–H and O–H groups in total. The molecule has 0 aliphatic rings. The van der Waals surface area contributed by atoms with E-state index in [2.05, 4.69) is 0 Å². The minimum atomic E-state index is -0.678. The lowest BCUT2D eigenvalue weighted by molar-refractivity contribution is -0.106. The van der Waals surface area contributed by atoms with Crippen molar-refractivity contribution in [1.29, 1.82) is 0 Å². The van der Waals surface area contributed by atoms with E-state index in [0.717, 1.165) is 0 Å². The van der Waals surface area contributed by atoms with E-state index in [9.17, 15) is 9.90 Å². The van der Waals surface area contributed by atoms with Gasteiger partial charge in [0.05, 0.1) is 5.57 Å². The largest absolute Gasteiger partial charge is 0.506 e. The number of hydrogen-bond donors (Lipinski definition) is 1. The van der Waals surface area contributed by atoms with E-state index in [0.29, 0.717) is 11.1 Å². The third kappa shape index (κ3) is 2.60. The van der Waals surface area contributed by atoms with Gasteiger partial charge >= 0.3 is 0 Å². The summed E-state index contributed by atoms with van der Waals surface area (Å²) in [5.74, 6) is -0.109. The van der Waals surface area contributed by atoms with E-state index in [-0.39, 0.29) is 11.3 Å². The molecule has 0 bridgehead atoms. The fourth-order valence-electron chi connectivity index (χ4n) is 1.69. The van der Waals surface area contributed by atoms with Crippen molar-refractivity contribution in [3.8, 4) is 0 Å². The molecule has 0 atom stereocenters. The molecule has 2 aromatic rings. The highest BCUT2D eigenvalue weighted by Crippen LogP contribution is 2.26. The number of benzene rings is 2. The number of aliphatic hydroxyl groups excluding tert-OH is 1. The van der Waals surface area contributed by atoms with Crippen molar-refractivity contribution < 1.29 is 9.90 Å². The minimum Gasteiger partial charge on any atom is -0.506 e. The number of aliphatic hydroxyl groups is 1. The zero-order valence-electron chi connectivity index (χ0n) is 9.51. The van der Waals surface area contributed by atoms with Crippen LogP contribution in [0.5, 0.6) is 0 Å². The monoisotopic (exact) mass is 258 g/mol. The van der Waals surface area contributed by atoms with E-state index in [1.807, 2.05) is 12.1 Å². The zero-order chi connectivity index (χ0) is 13.0. The van der Waals surface area contributed by atoms with Crippen LogP contribution in [0.1, 0.15) is 11.1 Å². The second-order valence-electron chi connectivity index (χ2n) is 3.73. The Kier molecular flexibility index (Phi) is 3.80. The fraction of sp³-hybridized carbons (Fsp3) is 0. The molecular weight excluding hydrogens is 248 g/mol. The summed E-state index contributed by atoms with van der Waals surface area (Å²) in [4.78, 5) is 11.5. The molecule has 0 spiro atoms. The van der Waals surface area contributed by atoms with Crippen molar-refractivity contribution in [3.63, 3.8) is 0 Å². The molecule has 2 rings (SSSR count). The summed E-state index contributed by atoms with van der Waals surface area (Å²) in [5.41, 5.74) is 1.27. The Morgan fingerprint density at radius 3 is 1.72 bits per heavy atom. The molecule has 0 aromatic heterocycles. The van der Waals surface area contributed by atoms with Crippen molar-refractivity contribution in [2.75, 3.05) is 0 Å². The van der Waals surface area contributed by atoms with Crippen LogP contribution in [0.4, 0.5) is 0 Å². The van der Waals surface area contributed by atoms with Gasteiger partial charge < -0.3 is 5.11 Å². The van der Waals surface area contributed by atoms with Crippen LogP contribution in [0.15, 0.2) is 60.7 Å². The first-order chi connectivity index (χ1) is 8.70. The average Bonchev–Trinajstić information content (AvgIpc) is 2.40. The highest BCUT2D eigenvalue weighted by atomic mass is 35.5. The number of allylic oxidation sites excluding steroid dienone is 1. The van der Waals surface area contributed by atoms with Crippen molar-refractivity contribution in [1.82, 2.24) is 0 Å². The fourth-order valence-corrected chi connectivity index (χ4v) is 1.89. The average molecular weight is 259 g/mol. The van der Waals surface area contributed by atoms with E-state index in [1.54, 1.807) is 48.5 Å². The van der Waals surface area contributed by atoms with Gasteiger partial charge in [-0.25, -0.2) is 0 Å². The molecule has 0 amide bonds.